The number of rotatable bonds is 5. The van der Waals surface area contributed by atoms with Crippen LogP contribution in [0.15, 0.2) is 195 Å². The number of para-hydroxylation sites is 4. The molecule has 8 aromatic heterocycles. The van der Waals surface area contributed by atoms with Gasteiger partial charge in [0.1, 0.15) is 0 Å². The van der Waals surface area contributed by atoms with Crippen LogP contribution in [0.3, 0.4) is 0 Å². The molecule has 0 bridgehead atoms. The van der Waals surface area contributed by atoms with Gasteiger partial charge in [-0.3, -0.25) is 19.9 Å². The lowest BCUT2D eigenvalue weighted by Gasteiger charge is -2.22. The van der Waals surface area contributed by atoms with Crippen molar-refractivity contribution in [2.45, 2.75) is 0 Å². The average molecular weight is 869 g/mol. The third-order valence-corrected chi connectivity index (χ3v) is 13.6. The fraction of sp³-hybridized carbons (Fsp3) is 0. The number of nitrogens with zero attached hydrogens (tertiary/aromatic N) is 10. The van der Waals surface area contributed by atoms with Crippen LogP contribution in [0, 0.1) is 22.7 Å². The minimum absolute atomic E-state index is 0.401. The summed E-state index contributed by atoms with van der Waals surface area (Å²) in [5, 5.41) is 31.3. The van der Waals surface area contributed by atoms with Gasteiger partial charge in [-0.05, 0) is 72.8 Å². The maximum Gasteiger partial charge on any atom is 0.0999 e. The zero-order chi connectivity index (χ0) is 45.0. The molecule has 0 aliphatic carbocycles. The molecule has 10 nitrogen and oxygen atoms in total. The Morgan fingerprint density at radius 2 is 0.544 bits per heavy atom. The molecule has 0 aliphatic rings. The molecule has 0 saturated carbocycles. The number of hydrogen-bond donors (Lipinski definition) is 0. The summed E-state index contributed by atoms with van der Waals surface area (Å²) in [5.41, 5.74) is 12.6. The fourth-order valence-electron chi connectivity index (χ4n) is 10.8. The molecule has 68 heavy (non-hydrogen) atoms. The van der Waals surface area contributed by atoms with E-state index in [-0.39, 0.29) is 0 Å². The molecule has 14 aromatic rings. The number of aromatic nitrogens is 8. The number of fused-ring (bicyclic) bond motifs is 12. The highest BCUT2D eigenvalue weighted by molar-refractivity contribution is 6.13. The maximum absolute atomic E-state index is 11.4. The molecule has 14 rings (SSSR count). The van der Waals surface area contributed by atoms with Gasteiger partial charge in [0, 0.05) is 79.0 Å². The van der Waals surface area contributed by atoms with E-state index in [9.17, 15) is 10.5 Å². The molecule has 314 valence electrons. The molecule has 0 atom stereocenters. The van der Waals surface area contributed by atoms with E-state index in [0.29, 0.717) is 22.3 Å². The van der Waals surface area contributed by atoms with E-state index in [2.05, 4.69) is 123 Å². The average Bonchev–Trinajstić information content (AvgIpc) is 4.13. The van der Waals surface area contributed by atoms with E-state index >= 15 is 0 Å². The van der Waals surface area contributed by atoms with Crippen molar-refractivity contribution in [1.29, 1.82) is 10.5 Å². The molecule has 6 aromatic carbocycles. The van der Waals surface area contributed by atoms with Gasteiger partial charge >= 0.3 is 0 Å². The highest BCUT2D eigenvalue weighted by Gasteiger charge is 2.26. The summed E-state index contributed by atoms with van der Waals surface area (Å²) in [6.07, 6.45) is 14.8. The highest BCUT2D eigenvalue weighted by atomic mass is 15.1. The molecule has 8 heterocycles. The second-order valence-electron chi connectivity index (χ2n) is 17.0. The molecule has 10 heteroatoms. The highest BCUT2D eigenvalue weighted by Crippen LogP contribution is 2.44. The first-order chi connectivity index (χ1) is 33.7. The Hall–Kier alpha value is -9.90. The predicted octanol–water partition coefficient (Wildman–Crippen LogP) is 13.1. The van der Waals surface area contributed by atoms with Crippen molar-refractivity contribution in [3.05, 3.63) is 206 Å². The number of nitriles is 2. The third-order valence-electron chi connectivity index (χ3n) is 13.6. The Balaban J connectivity index is 1.15. The molecule has 0 amide bonds. The van der Waals surface area contributed by atoms with E-state index in [1.165, 1.54) is 0 Å². The van der Waals surface area contributed by atoms with Crippen LogP contribution >= 0.6 is 0 Å². The smallest absolute Gasteiger partial charge is 0.0999 e. The molecular formula is C58H32N10. The van der Waals surface area contributed by atoms with Gasteiger partial charge in [0.2, 0.25) is 0 Å². The van der Waals surface area contributed by atoms with Crippen LogP contribution in [0.1, 0.15) is 11.1 Å². The maximum atomic E-state index is 11.4. The topological polar surface area (TPSA) is 119 Å². The van der Waals surface area contributed by atoms with Gasteiger partial charge in [0.15, 0.2) is 0 Å². The predicted molar refractivity (Wildman–Crippen MR) is 270 cm³/mol. The first-order valence-corrected chi connectivity index (χ1v) is 22.2. The summed E-state index contributed by atoms with van der Waals surface area (Å²) >= 11 is 0. The summed E-state index contributed by atoms with van der Waals surface area (Å²) in [6.45, 7) is 0. The van der Waals surface area contributed by atoms with Gasteiger partial charge in [-0.1, -0.05) is 72.8 Å². The van der Waals surface area contributed by atoms with Crippen LogP contribution in [0.4, 0.5) is 0 Å². The fourth-order valence-corrected chi connectivity index (χ4v) is 10.8. The van der Waals surface area contributed by atoms with E-state index in [1.54, 1.807) is 0 Å². The minimum Gasteiger partial charge on any atom is -0.306 e. The molecule has 0 saturated heterocycles. The minimum atomic E-state index is 0.401. The van der Waals surface area contributed by atoms with Gasteiger partial charge in [0.25, 0.3) is 0 Å². The van der Waals surface area contributed by atoms with Crippen molar-refractivity contribution in [3.63, 3.8) is 0 Å². The monoisotopic (exact) mass is 868 g/mol. The second kappa shape index (κ2) is 14.3. The van der Waals surface area contributed by atoms with Crippen LogP contribution in [0.2, 0.25) is 0 Å². The Morgan fingerprint density at radius 1 is 0.294 bits per heavy atom. The lowest BCUT2D eigenvalue weighted by molar-refractivity contribution is 1.08. The van der Waals surface area contributed by atoms with Crippen molar-refractivity contribution in [2.75, 3.05) is 0 Å². The van der Waals surface area contributed by atoms with Gasteiger partial charge in [0.05, 0.1) is 115 Å². The van der Waals surface area contributed by atoms with Crippen LogP contribution in [-0.2, 0) is 0 Å². The van der Waals surface area contributed by atoms with Crippen molar-refractivity contribution < 1.29 is 0 Å². The van der Waals surface area contributed by atoms with Gasteiger partial charge < -0.3 is 18.3 Å². The van der Waals surface area contributed by atoms with Crippen LogP contribution in [0.25, 0.3) is 121 Å². The van der Waals surface area contributed by atoms with Gasteiger partial charge in [-0.25, -0.2) is 0 Å². The van der Waals surface area contributed by atoms with Crippen molar-refractivity contribution in [1.82, 2.24) is 38.2 Å². The molecule has 0 fully saturated rings. The molecular weight excluding hydrogens is 837 g/mol. The van der Waals surface area contributed by atoms with Crippen molar-refractivity contribution in [2.24, 2.45) is 0 Å². The molecule has 0 N–H and O–H groups in total. The van der Waals surface area contributed by atoms with Crippen LogP contribution in [-0.4, -0.2) is 38.2 Å². The Labute approximate surface area is 386 Å². The lowest BCUT2D eigenvalue weighted by Crippen LogP contribution is -2.08. The Morgan fingerprint density at radius 3 is 0.824 bits per heavy atom. The Bertz CT molecular complexity index is 4050. The zero-order valence-corrected chi connectivity index (χ0v) is 35.9. The first-order valence-electron chi connectivity index (χ1n) is 22.2. The number of pyridine rings is 4. The lowest BCUT2D eigenvalue weighted by atomic mass is 9.93. The zero-order valence-electron chi connectivity index (χ0n) is 35.9. The van der Waals surface area contributed by atoms with Crippen LogP contribution < -0.4 is 0 Å². The number of benzene rings is 6. The quantitative estimate of drug-likeness (QED) is 0.170. The van der Waals surface area contributed by atoms with Gasteiger partial charge in [-0.2, -0.15) is 10.5 Å². The van der Waals surface area contributed by atoms with E-state index in [4.69, 9.17) is 0 Å². The van der Waals surface area contributed by atoms with E-state index in [0.717, 1.165) is 110 Å². The summed E-state index contributed by atoms with van der Waals surface area (Å²) in [5.74, 6) is 0. The summed E-state index contributed by atoms with van der Waals surface area (Å²) < 4.78 is 8.88. The van der Waals surface area contributed by atoms with Crippen molar-refractivity contribution >= 4 is 87.2 Å². The normalized spacial score (nSPS) is 11.8. The molecule has 0 spiro atoms. The largest absolute Gasteiger partial charge is 0.306 e. The Kier molecular flexibility index (Phi) is 7.88. The first kappa shape index (κ1) is 37.5. The third kappa shape index (κ3) is 5.14. The number of hydrogen-bond acceptors (Lipinski definition) is 6. The summed E-state index contributed by atoms with van der Waals surface area (Å²) in [4.78, 5) is 18.5. The van der Waals surface area contributed by atoms with Gasteiger partial charge in [-0.15, -0.1) is 0 Å². The summed E-state index contributed by atoms with van der Waals surface area (Å²) in [6, 6.07) is 54.8. The molecule has 0 radical (unpaired) electrons. The van der Waals surface area contributed by atoms with E-state index < -0.39 is 0 Å². The molecule has 0 aliphatic heterocycles. The van der Waals surface area contributed by atoms with Crippen molar-refractivity contribution in [3.8, 4) is 46.0 Å². The SMILES string of the molecule is N#Cc1cc(-n2c3ccccc3c3ccncc32)c(-n2c3ccccc3c3ccncc32)cc1-c1cc(-n2c3ccccc3c3ccncc32)c(-n2c3ccccc3c3ccncc32)cc1C#N. The van der Waals surface area contributed by atoms with Crippen LogP contribution in [0.5, 0.6) is 0 Å². The second-order valence-corrected chi connectivity index (χ2v) is 17.0. The molecule has 0 unspecified atom stereocenters. The summed E-state index contributed by atoms with van der Waals surface area (Å²) in [7, 11) is 0. The van der Waals surface area contributed by atoms with E-state index in [1.807, 2.05) is 122 Å². The standard InChI is InChI=1S/C58H32N10/c59-29-35-25-51(65-47-13-5-1-9-37(47)41-17-21-61-31-55(41)65)53(67-49-15-7-3-11-39(49)43-19-23-63-33-57(43)67)27-45(35)46-28-54(68-50-16-8-4-12-40(50)44-20-24-64-34-58(44)68)52(26-36(46)30-60)66-48-14-6-2-10-38(48)42-18-22-62-32-56(42)66/h1-28,31-34H.